The molecule has 0 saturated heterocycles. The molecule has 1 nitrogen and oxygen atoms in total. The molecule has 1 aromatic heterocycles. The molecular formula is C10H13N. The first kappa shape index (κ1) is 5.87. The van der Waals surface area contributed by atoms with Gasteiger partial charge in [0.15, 0.2) is 0 Å². The highest BCUT2D eigenvalue weighted by atomic mass is 14.7. The predicted molar refractivity (Wildman–Crippen MR) is 44.7 cm³/mol. The van der Waals surface area contributed by atoms with E-state index < -0.39 is 0 Å². The summed E-state index contributed by atoms with van der Waals surface area (Å²) in [7, 11) is 0. The molecule has 1 N–H and O–H groups in total. The lowest BCUT2D eigenvalue weighted by molar-refractivity contribution is 0.361. The molecule has 1 heteroatoms. The van der Waals surface area contributed by atoms with Crippen LogP contribution in [0.5, 0.6) is 0 Å². The molecule has 0 aliphatic heterocycles. The van der Waals surface area contributed by atoms with Crippen molar-refractivity contribution in [3.63, 3.8) is 0 Å². The number of rotatable bonds is 0. The van der Waals surface area contributed by atoms with Crippen LogP contribution in [0.3, 0.4) is 0 Å². The minimum absolute atomic E-state index is 0.904. The fourth-order valence-electron chi connectivity index (χ4n) is 2.81. The topological polar surface area (TPSA) is 15.8 Å². The summed E-state index contributed by atoms with van der Waals surface area (Å²) in [5.74, 6) is 1.81. The van der Waals surface area contributed by atoms with Crippen LogP contribution in [-0.2, 0) is 0 Å². The van der Waals surface area contributed by atoms with Crippen LogP contribution in [0.25, 0.3) is 0 Å². The van der Waals surface area contributed by atoms with Gasteiger partial charge in [-0.15, -0.1) is 0 Å². The monoisotopic (exact) mass is 147 g/mol. The fraction of sp³-hybridized carbons (Fsp3) is 0.600. The molecule has 2 bridgehead atoms. The lowest BCUT2D eigenvalue weighted by Crippen LogP contribution is -2.19. The molecule has 0 amide bonds. The van der Waals surface area contributed by atoms with Gasteiger partial charge in [-0.2, -0.15) is 0 Å². The smallest absolute Gasteiger partial charge is 0.00431 e. The first-order valence-corrected chi connectivity index (χ1v) is 4.62. The molecule has 3 aliphatic carbocycles. The summed E-state index contributed by atoms with van der Waals surface area (Å²) in [4.78, 5) is 3.24. The van der Waals surface area contributed by atoms with Crippen LogP contribution in [0.1, 0.15) is 48.6 Å². The summed E-state index contributed by atoms with van der Waals surface area (Å²) >= 11 is 0. The second-order valence-corrected chi connectivity index (χ2v) is 3.91. The van der Waals surface area contributed by atoms with E-state index in [2.05, 4.69) is 17.4 Å². The lowest BCUT2D eigenvalue weighted by Gasteiger charge is -2.35. The Kier molecular flexibility index (Phi) is 1.02. The molecule has 0 aromatic carbocycles. The molecule has 4 rings (SSSR count). The van der Waals surface area contributed by atoms with Gasteiger partial charge in [-0.3, -0.25) is 0 Å². The standard InChI is InChI=1S/C10H13N/c1-2-8-4-3-7(1)9-5-11-6-10(8)9/h5-8,11H,1-4H2. The summed E-state index contributed by atoms with van der Waals surface area (Å²) in [6.45, 7) is 0. The van der Waals surface area contributed by atoms with Crippen molar-refractivity contribution < 1.29 is 0 Å². The SMILES string of the molecule is c1[nH]cc2c1C1CCC2CC1. The number of aromatic nitrogens is 1. The van der Waals surface area contributed by atoms with Crippen LogP contribution < -0.4 is 0 Å². The van der Waals surface area contributed by atoms with Crippen molar-refractivity contribution >= 4 is 0 Å². The zero-order valence-electron chi connectivity index (χ0n) is 6.64. The van der Waals surface area contributed by atoms with Crippen molar-refractivity contribution in [1.82, 2.24) is 4.98 Å². The second kappa shape index (κ2) is 1.90. The maximum absolute atomic E-state index is 3.24. The molecule has 0 atom stereocenters. The number of fused-ring (bicyclic) bond motifs is 2. The van der Waals surface area contributed by atoms with E-state index in [-0.39, 0.29) is 0 Å². The van der Waals surface area contributed by atoms with Crippen LogP contribution in [0, 0.1) is 0 Å². The number of hydrogen-bond donors (Lipinski definition) is 1. The Labute approximate surface area is 66.8 Å². The number of hydrogen-bond acceptors (Lipinski definition) is 0. The fourth-order valence-corrected chi connectivity index (χ4v) is 2.81. The van der Waals surface area contributed by atoms with Crippen molar-refractivity contribution in [1.29, 1.82) is 0 Å². The van der Waals surface area contributed by atoms with Gasteiger partial charge in [0.25, 0.3) is 0 Å². The van der Waals surface area contributed by atoms with E-state index in [9.17, 15) is 0 Å². The van der Waals surface area contributed by atoms with Crippen molar-refractivity contribution in [2.24, 2.45) is 0 Å². The van der Waals surface area contributed by atoms with Gasteiger partial charge < -0.3 is 4.98 Å². The van der Waals surface area contributed by atoms with Crippen LogP contribution in [0.2, 0.25) is 0 Å². The van der Waals surface area contributed by atoms with Crippen molar-refractivity contribution in [3.8, 4) is 0 Å². The van der Waals surface area contributed by atoms with Crippen molar-refractivity contribution in [2.75, 3.05) is 0 Å². The predicted octanol–water partition coefficient (Wildman–Crippen LogP) is 2.77. The number of aromatic amines is 1. The van der Waals surface area contributed by atoms with Gasteiger partial charge in [-0.25, -0.2) is 0 Å². The maximum Gasteiger partial charge on any atom is 0.00431 e. The van der Waals surface area contributed by atoms with E-state index in [4.69, 9.17) is 0 Å². The zero-order valence-corrected chi connectivity index (χ0v) is 6.64. The quantitative estimate of drug-likeness (QED) is 0.580. The van der Waals surface area contributed by atoms with E-state index >= 15 is 0 Å². The molecule has 0 unspecified atom stereocenters. The average Bonchev–Trinajstić information content (AvgIpc) is 2.55. The summed E-state index contributed by atoms with van der Waals surface area (Å²) in [5, 5.41) is 0. The van der Waals surface area contributed by atoms with E-state index in [0.717, 1.165) is 11.8 Å². The summed E-state index contributed by atoms with van der Waals surface area (Å²) < 4.78 is 0. The van der Waals surface area contributed by atoms with Crippen molar-refractivity contribution in [2.45, 2.75) is 37.5 Å². The van der Waals surface area contributed by atoms with E-state index in [1.807, 2.05) is 0 Å². The number of nitrogens with one attached hydrogen (secondary N) is 1. The summed E-state index contributed by atoms with van der Waals surface area (Å²) in [6.07, 6.45) is 10.2. The van der Waals surface area contributed by atoms with Gasteiger partial charge in [0.05, 0.1) is 0 Å². The largest absolute Gasteiger partial charge is 0.367 e. The second-order valence-electron chi connectivity index (χ2n) is 3.91. The Morgan fingerprint density at radius 3 is 1.82 bits per heavy atom. The van der Waals surface area contributed by atoms with Gasteiger partial charge in [-0.05, 0) is 48.6 Å². The third-order valence-corrected chi connectivity index (χ3v) is 3.42. The Bertz CT molecular complexity index is 240. The Hall–Kier alpha value is -0.720. The van der Waals surface area contributed by atoms with Crippen LogP contribution >= 0.6 is 0 Å². The third kappa shape index (κ3) is 0.661. The highest BCUT2D eigenvalue weighted by Crippen LogP contribution is 2.48. The molecule has 1 heterocycles. The van der Waals surface area contributed by atoms with Crippen LogP contribution in [0.4, 0.5) is 0 Å². The molecule has 11 heavy (non-hydrogen) atoms. The van der Waals surface area contributed by atoms with E-state index in [0.29, 0.717) is 0 Å². The van der Waals surface area contributed by atoms with Gasteiger partial charge in [0.1, 0.15) is 0 Å². The molecule has 1 saturated carbocycles. The molecular weight excluding hydrogens is 134 g/mol. The molecule has 1 fully saturated rings. The Balaban J connectivity index is 2.19. The van der Waals surface area contributed by atoms with Gasteiger partial charge >= 0.3 is 0 Å². The first-order chi connectivity index (χ1) is 5.45. The Morgan fingerprint density at radius 1 is 0.909 bits per heavy atom. The van der Waals surface area contributed by atoms with Crippen LogP contribution in [-0.4, -0.2) is 4.98 Å². The minimum atomic E-state index is 0.904. The van der Waals surface area contributed by atoms with Crippen molar-refractivity contribution in [3.05, 3.63) is 23.5 Å². The number of H-pyrrole nitrogens is 1. The molecule has 1 aromatic rings. The molecule has 3 aliphatic rings. The Morgan fingerprint density at radius 2 is 1.36 bits per heavy atom. The third-order valence-electron chi connectivity index (χ3n) is 3.42. The van der Waals surface area contributed by atoms with Gasteiger partial charge in [0, 0.05) is 12.4 Å². The highest BCUT2D eigenvalue weighted by Gasteiger charge is 2.32. The highest BCUT2D eigenvalue weighted by molar-refractivity contribution is 5.35. The van der Waals surface area contributed by atoms with Gasteiger partial charge in [-0.1, -0.05) is 0 Å². The molecule has 58 valence electrons. The minimum Gasteiger partial charge on any atom is -0.367 e. The zero-order chi connectivity index (χ0) is 7.26. The molecule has 0 spiro atoms. The molecule has 0 radical (unpaired) electrons. The van der Waals surface area contributed by atoms with Crippen LogP contribution in [0.15, 0.2) is 12.4 Å². The van der Waals surface area contributed by atoms with E-state index in [1.54, 1.807) is 11.1 Å². The lowest BCUT2D eigenvalue weighted by atomic mass is 9.69. The summed E-state index contributed by atoms with van der Waals surface area (Å²) in [6, 6.07) is 0. The summed E-state index contributed by atoms with van der Waals surface area (Å²) in [5.41, 5.74) is 3.26. The van der Waals surface area contributed by atoms with Gasteiger partial charge in [0.2, 0.25) is 0 Å². The average molecular weight is 147 g/mol. The first-order valence-electron chi connectivity index (χ1n) is 4.62. The normalized spacial score (nSPS) is 33.8. The maximum atomic E-state index is 3.24. The van der Waals surface area contributed by atoms with E-state index in [1.165, 1.54) is 25.7 Å².